The zero-order valence-electron chi connectivity index (χ0n) is 14.2. The van der Waals surface area contributed by atoms with Gasteiger partial charge < -0.3 is 5.32 Å². The van der Waals surface area contributed by atoms with E-state index < -0.39 is 0 Å². The van der Waals surface area contributed by atoms with E-state index in [0.717, 1.165) is 22.6 Å². The molecule has 0 saturated heterocycles. The smallest absolute Gasteiger partial charge is 0.225 e. The Hall–Kier alpha value is -2.52. The van der Waals surface area contributed by atoms with Gasteiger partial charge in [0.25, 0.3) is 0 Å². The molecule has 0 spiro atoms. The summed E-state index contributed by atoms with van der Waals surface area (Å²) in [6.07, 6.45) is 0.488. The van der Waals surface area contributed by atoms with Crippen LogP contribution in [0.25, 0.3) is 11.1 Å². The van der Waals surface area contributed by atoms with Crippen molar-refractivity contribution in [1.82, 2.24) is 0 Å². The van der Waals surface area contributed by atoms with E-state index in [0.29, 0.717) is 6.42 Å². The number of anilines is 1. The average molecular weight is 347 g/mol. The van der Waals surface area contributed by atoms with Crippen LogP contribution in [0.5, 0.6) is 0 Å². The monoisotopic (exact) mass is 347 g/mol. The first-order valence-electron chi connectivity index (χ1n) is 8.36. The van der Waals surface area contributed by atoms with Gasteiger partial charge in [0.1, 0.15) is 0 Å². The Bertz CT molecular complexity index is 828. The Morgan fingerprint density at radius 1 is 0.880 bits per heavy atom. The van der Waals surface area contributed by atoms with E-state index in [4.69, 9.17) is 0 Å². The van der Waals surface area contributed by atoms with Crippen LogP contribution in [0.15, 0.2) is 83.8 Å². The largest absolute Gasteiger partial charge is 0.325 e. The standard InChI is InChI=1S/C22H21NOS/c1-17-11-13-19(14-12-17)25-16-15-22(24)23-21-10-6-5-9-20(21)18-7-3-2-4-8-18/h2-14H,15-16H2,1H3,(H,23,24). The Morgan fingerprint density at radius 3 is 2.32 bits per heavy atom. The van der Waals surface area contributed by atoms with Crippen molar-refractivity contribution in [2.45, 2.75) is 18.2 Å². The highest BCUT2D eigenvalue weighted by Crippen LogP contribution is 2.28. The van der Waals surface area contributed by atoms with Gasteiger partial charge >= 0.3 is 0 Å². The van der Waals surface area contributed by atoms with Crippen LogP contribution in [0.2, 0.25) is 0 Å². The average Bonchev–Trinajstić information content (AvgIpc) is 2.64. The summed E-state index contributed by atoms with van der Waals surface area (Å²) >= 11 is 1.71. The van der Waals surface area contributed by atoms with Crippen LogP contribution in [0.1, 0.15) is 12.0 Å². The lowest BCUT2D eigenvalue weighted by Gasteiger charge is -2.11. The Morgan fingerprint density at radius 2 is 1.56 bits per heavy atom. The third-order valence-corrected chi connectivity index (χ3v) is 4.92. The molecule has 3 heteroatoms. The van der Waals surface area contributed by atoms with Crippen molar-refractivity contribution < 1.29 is 4.79 Å². The molecule has 126 valence electrons. The van der Waals surface area contributed by atoms with Gasteiger partial charge in [-0.2, -0.15) is 0 Å². The van der Waals surface area contributed by atoms with Crippen LogP contribution >= 0.6 is 11.8 Å². The molecule has 0 fully saturated rings. The third-order valence-electron chi connectivity index (χ3n) is 3.90. The van der Waals surface area contributed by atoms with E-state index in [2.05, 4.69) is 48.6 Å². The van der Waals surface area contributed by atoms with Crippen molar-refractivity contribution in [3.8, 4) is 11.1 Å². The lowest BCUT2D eigenvalue weighted by Crippen LogP contribution is -2.12. The first kappa shape index (κ1) is 17.3. The maximum absolute atomic E-state index is 12.3. The lowest BCUT2D eigenvalue weighted by molar-refractivity contribution is -0.115. The zero-order chi connectivity index (χ0) is 17.5. The molecule has 0 atom stereocenters. The normalized spacial score (nSPS) is 10.4. The van der Waals surface area contributed by atoms with Crippen molar-refractivity contribution in [3.05, 3.63) is 84.4 Å². The lowest BCUT2D eigenvalue weighted by atomic mass is 10.0. The van der Waals surface area contributed by atoms with Crippen LogP contribution in [-0.4, -0.2) is 11.7 Å². The Balaban J connectivity index is 1.59. The quantitative estimate of drug-likeness (QED) is 0.572. The van der Waals surface area contributed by atoms with Gasteiger partial charge in [-0.1, -0.05) is 66.2 Å². The maximum Gasteiger partial charge on any atom is 0.225 e. The number of rotatable bonds is 6. The SMILES string of the molecule is Cc1ccc(SCCC(=O)Nc2ccccc2-c2ccccc2)cc1. The predicted octanol–water partition coefficient (Wildman–Crippen LogP) is 5.78. The third kappa shape index (κ3) is 4.97. The first-order chi connectivity index (χ1) is 12.2. The highest BCUT2D eigenvalue weighted by atomic mass is 32.2. The highest BCUT2D eigenvalue weighted by Gasteiger charge is 2.08. The zero-order valence-corrected chi connectivity index (χ0v) is 15.1. The molecule has 3 rings (SSSR count). The molecule has 0 bridgehead atoms. The topological polar surface area (TPSA) is 29.1 Å². The number of amides is 1. The molecule has 3 aromatic carbocycles. The minimum absolute atomic E-state index is 0.0444. The summed E-state index contributed by atoms with van der Waals surface area (Å²) in [5.41, 5.74) is 4.26. The van der Waals surface area contributed by atoms with Crippen molar-refractivity contribution >= 4 is 23.4 Å². The molecule has 0 saturated carbocycles. The summed E-state index contributed by atoms with van der Waals surface area (Å²) in [5.74, 6) is 0.811. The molecule has 0 aliphatic rings. The number of aryl methyl sites for hydroxylation is 1. The number of carbonyl (C=O) groups excluding carboxylic acids is 1. The molecule has 0 radical (unpaired) electrons. The van der Waals surface area contributed by atoms with Crippen LogP contribution < -0.4 is 5.32 Å². The molecule has 0 unspecified atom stereocenters. The number of carbonyl (C=O) groups is 1. The van der Waals surface area contributed by atoms with Crippen LogP contribution in [0.3, 0.4) is 0 Å². The molecular formula is C22H21NOS. The molecule has 25 heavy (non-hydrogen) atoms. The molecule has 0 aliphatic heterocycles. The van der Waals surface area contributed by atoms with Crippen molar-refractivity contribution in [1.29, 1.82) is 0 Å². The number of benzene rings is 3. The number of hydrogen-bond acceptors (Lipinski definition) is 2. The van der Waals surface area contributed by atoms with E-state index in [1.165, 1.54) is 10.5 Å². The summed E-state index contributed by atoms with van der Waals surface area (Å²) in [6.45, 7) is 2.08. The molecule has 2 nitrogen and oxygen atoms in total. The summed E-state index contributed by atoms with van der Waals surface area (Å²) < 4.78 is 0. The van der Waals surface area contributed by atoms with Gasteiger partial charge in [0.2, 0.25) is 5.91 Å². The molecule has 0 aliphatic carbocycles. The summed E-state index contributed by atoms with van der Waals surface area (Å²) in [5, 5.41) is 3.05. The number of nitrogens with one attached hydrogen (secondary N) is 1. The molecular weight excluding hydrogens is 326 g/mol. The van der Waals surface area contributed by atoms with E-state index in [1.54, 1.807) is 11.8 Å². The Kier molecular flexibility index (Phi) is 5.91. The van der Waals surface area contributed by atoms with E-state index >= 15 is 0 Å². The summed E-state index contributed by atoms with van der Waals surface area (Å²) in [7, 11) is 0. The minimum Gasteiger partial charge on any atom is -0.325 e. The van der Waals surface area contributed by atoms with Gasteiger partial charge in [-0.15, -0.1) is 11.8 Å². The molecule has 3 aromatic rings. The van der Waals surface area contributed by atoms with Crippen LogP contribution in [-0.2, 0) is 4.79 Å². The second-order valence-electron chi connectivity index (χ2n) is 5.87. The first-order valence-corrected chi connectivity index (χ1v) is 9.35. The molecule has 1 N–H and O–H groups in total. The number of hydrogen-bond donors (Lipinski definition) is 1. The maximum atomic E-state index is 12.3. The second kappa shape index (κ2) is 8.54. The van der Waals surface area contributed by atoms with Gasteiger partial charge in [0.05, 0.1) is 0 Å². The fourth-order valence-electron chi connectivity index (χ4n) is 2.57. The van der Waals surface area contributed by atoms with Crippen LogP contribution in [0.4, 0.5) is 5.69 Å². The molecule has 0 heterocycles. The van der Waals surface area contributed by atoms with Gasteiger partial charge in [-0.3, -0.25) is 4.79 Å². The minimum atomic E-state index is 0.0444. The van der Waals surface area contributed by atoms with Gasteiger partial charge in [0, 0.05) is 28.3 Å². The fourth-order valence-corrected chi connectivity index (χ4v) is 3.42. The van der Waals surface area contributed by atoms with Crippen molar-refractivity contribution in [2.24, 2.45) is 0 Å². The Labute approximate surface area is 153 Å². The highest BCUT2D eigenvalue weighted by molar-refractivity contribution is 7.99. The van der Waals surface area contributed by atoms with E-state index in [1.807, 2.05) is 42.5 Å². The summed E-state index contributed by atoms with van der Waals surface area (Å²) in [4.78, 5) is 13.5. The molecule has 0 aromatic heterocycles. The number of thioether (sulfide) groups is 1. The van der Waals surface area contributed by atoms with Crippen molar-refractivity contribution in [3.63, 3.8) is 0 Å². The van der Waals surface area contributed by atoms with E-state index in [9.17, 15) is 4.79 Å². The second-order valence-corrected chi connectivity index (χ2v) is 7.04. The fraction of sp³-hybridized carbons (Fsp3) is 0.136. The van der Waals surface area contributed by atoms with Crippen LogP contribution in [0, 0.1) is 6.92 Å². The molecule has 1 amide bonds. The van der Waals surface area contributed by atoms with Gasteiger partial charge in [-0.05, 0) is 30.7 Å². The van der Waals surface area contributed by atoms with Gasteiger partial charge in [-0.25, -0.2) is 0 Å². The number of para-hydroxylation sites is 1. The van der Waals surface area contributed by atoms with E-state index in [-0.39, 0.29) is 5.91 Å². The van der Waals surface area contributed by atoms with Crippen molar-refractivity contribution in [2.75, 3.05) is 11.1 Å². The predicted molar refractivity (Wildman–Crippen MR) is 107 cm³/mol. The van der Waals surface area contributed by atoms with Gasteiger partial charge in [0.15, 0.2) is 0 Å². The summed E-state index contributed by atoms with van der Waals surface area (Å²) in [6, 6.07) is 26.4.